The second kappa shape index (κ2) is 10.4. The van der Waals surface area contributed by atoms with Gasteiger partial charge < -0.3 is 19.9 Å². The van der Waals surface area contributed by atoms with E-state index in [1.54, 1.807) is 19.1 Å². The van der Waals surface area contributed by atoms with E-state index in [1.165, 1.54) is 5.56 Å². The van der Waals surface area contributed by atoms with Crippen molar-refractivity contribution in [1.82, 2.24) is 0 Å². The number of carboxylic acid groups (broad SMARTS) is 1. The standard InChI is InChI=1S/C25H26BrNO4/c1-4-30-23-13-18(14-27-22-11-7-10-20(17(22)3)25(28)29)12-21(26)24(23)31-15-19-9-6-5-8-16(19)2/h5-13,27H,4,14-15H2,1-3H3,(H,28,29). The highest BCUT2D eigenvalue weighted by Crippen LogP contribution is 2.38. The van der Waals surface area contributed by atoms with Gasteiger partial charge in [0.15, 0.2) is 11.5 Å². The molecule has 0 atom stereocenters. The number of aromatic carboxylic acids is 1. The third-order valence-corrected chi connectivity index (χ3v) is 5.64. The highest BCUT2D eigenvalue weighted by atomic mass is 79.9. The van der Waals surface area contributed by atoms with Crippen molar-refractivity contribution < 1.29 is 19.4 Å². The number of nitrogens with one attached hydrogen (secondary N) is 1. The van der Waals surface area contributed by atoms with E-state index in [9.17, 15) is 9.90 Å². The van der Waals surface area contributed by atoms with Crippen LogP contribution in [0.1, 0.15) is 39.5 Å². The molecular formula is C25H26BrNO4. The first-order valence-corrected chi connectivity index (χ1v) is 10.9. The molecular weight excluding hydrogens is 458 g/mol. The van der Waals surface area contributed by atoms with E-state index >= 15 is 0 Å². The molecule has 0 aliphatic carbocycles. The van der Waals surface area contributed by atoms with Gasteiger partial charge in [0.1, 0.15) is 6.61 Å². The van der Waals surface area contributed by atoms with Crippen LogP contribution in [0.4, 0.5) is 5.69 Å². The average Bonchev–Trinajstić information content (AvgIpc) is 2.73. The normalized spacial score (nSPS) is 10.6. The third-order valence-electron chi connectivity index (χ3n) is 5.05. The Morgan fingerprint density at radius 3 is 2.55 bits per heavy atom. The summed E-state index contributed by atoms with van der Waals surface area (Å²) < 4.78 is 12.8. The SMILES string of the molecule is CCOc1cc(CNc2cccc(C(=O)O)c2C)cc(Br)c1OCc1ccccc1C. The molecule has 162 valence electrons. The van der Waals surface area contributed by atoms with Crippen LogP contribution in [0.3, 0.4) is 0 Å². The topological polar surface area (TPSA) is 67.8 Å². The zero-order valence-electron chi connectivity index (χ0n) is 17.9. The van der Waals surface area contributed by atoms with E-state index in [0.29, 0.717) is 42.4 Å². The lowest BCUT2D eigenvalue weighted by Gasteiger charge is -2.17. The molecule has 2 N–H and O–H groups in total. The molecule has 5 nitrogen and oxygen atoms in total. The molecule has 0 bridgehead atoms. The lowest BCUT2D eigenvalue weighted by Crippen LogP contribution is -2.07. The van der Waals surface area contributed by atoms with Crippen molar-refractivity contribution >= 4 is 27.6 Å². The van der Waals surface area contributed by atoms with Crippen LogP contribution in [0.25, 0.3) is 0 Å². The van der Waals surface area contributed by atoms with Crippen LogP contribution in [-0.4, -0.2) is 17.7 Å². The van der Waals surface area contributed by atoms with Crippen molar-refractivity contribution in [2.45, 2.75) is 33.9 Å². The van der Waals surface area contributed by atoms with Gasteiger partial charge in [-0.05, 0) is 83.2 Å². The Kier molecular flexibility index (Phi) is 7.58. The fourth-order valence-corrected chi connectivity index (χ4v) is 3.91. The number of hydrogen-bond donors (Lipinski definition) is 2. The minimum atomic E-state index is -0.933. The molecule has 3 aromatic rings. The summed E-state index contributed by atoms with van der Waals surface area (Å²) in [5.74, 6) is 0.397. The maximum atomic E-state index is 11.4. The summed E-state index contributed by atoms with van der Waals surface area (Å²) in [7, 11) is 0. The van der Waals surface area contributed by atoms with Gasteiger partial charge in [-0.15, -0.1) is 0 Å². The van der Waals surface area contributed by atoms with Gasteiger partial charge in [-0.3, -0.25) is 0 Å². The van der Waals surface area contributed by atoms with E-state index in [2.05, 4.69) is 40.3 Å². The van der Waals surface area contributed by atoms with Crippen LogP contribution in [0.5, 0.6) is 11.5 Å². The van der Waals surface area contributed by atoms with E-state index in [0.717, 1.165) is 21.3 Å². The summed E-state index contributed by atoms with van der Waals surface area (Å²) in [5, 5.41) is 12.6. The van der Waals surface area contributed by atoms with Gasteiger partial charge in [0, 0.05) is 12.2 Å². The zero-order valence-corrected chi connectivity index (χ0v) is 19.5. The smallest absolute Gasteiger partial charge is 0.336 e. The lowest BCUT2D eigenvalue weighted by molar-refractivity contribution is 0.0696. The highest BCUT2D eigenvalue weighted by molar-refractivity contribution is 9.10. The maximum Gasteiger partial charge on any atom is 0.336 e. The molecule has 0 radical (unpaired) electrons. The molecule has 0 aliphatic rings. The predicted molar refractivity (Wildman–Crippen MR) is 126 cm³/mol. The molecule has 0 spiro atoms. The first-order chi connectivity index (χ1) is 14.9. The van der Waals surface area contributed by atoms with Crippen molar-refractivity contribution in [3.05, 3.63) is 86.9 Å². The summed E-state index contributed by atoms with van der Waals surface area (Å²) in [5.41, 5.74) is 5.07. The average molecular weight is 484 g/mol. The Hall–Kier alpha value is -2.99. The number of halogens is 1. The summed E-state index contributed by atoms with van der Waals surface area (Å²) in [6, 6.07) is 17.3. The van der Waals surface area contributed by atoms with Gasteiger partial charge in [0.25, 0.3) is 0 Å². The largest absolute Gasteiger partial charge is 0.490 e. The Morgan fingerprint density at radius 2 is 1.84 bits per heavy atom. The molecule has 6 heteroatoms. The van der Waals surface area contributed by atoms with Crippen LogP contribution in [0, 0.1) is 13.8 Å². The Balaban J connectivity index is 1.79. The number of anilines is 1. The molecule has 0 aliphatic heterocycles. The number of hydrogen-bond acceptors (Lipinski definition) is 4. The van der Waals surface area contributed by atoms with E-state index < -0.39 is 5.97 Å². The molecule has 0 saturated heterocycles. The molecule has 0 amide bonds. The molecule has 31 heavy (non-hydrogen) atoms. The number of benzene rings is 3. The van der Waals surface area contributed by atoms with Crippen molar-refractivity contribution in [3.8, 4) is 11.5 Å². The number of carboxylic acids is 1. The number of ether oxygens (including phenoxy) is 2. The third kappa shape index (κ3) is 5.58. The predicted octanol–water partition coefficient (Wildman–Crippen LogP) is 6.35. The van der Waals surface area contributed by atoms with Crippen LogP contribution in [0.2, 0.25) is 0 Å². The molecule has 0 heterocycles. The summed E-state index contributed by atoms with van der Waals surface area (Å²) in [6.45, 7) is 7.28. The molecule has 0 fully saturated rings. The van der Waals surface area contributed by atoms with Gasteiger partial charge in [-0.25, -0.2) is 4.79 Å². The fraction of sp³-hybridized carbons (Fsp3) is 0.240. The second-order valence-electron chi connectivity index (χ2n) is 7.19. The molecule has 0 saturated carbocycles. The molecule has 3 rings (SSSR count). The Labute approximate surface area is 191 Å². The zero-order chi connectivity index (χ0) is 22.4. The van der Waals surface area contributed by atoms with Crippen LogP contribution in [-0.2, 0) is 13.2 Å². The molecule has 0 aromatic heterocycles. The number of aryl methyl sites for hydroxylation is 1. The van der Waals surface area contributed by atoms with Gasteiger partial charge in [0.2, 0.25) is 0 Å². The van der Waals surface area contributed by atoms with E-state index in [-0.39, 0.29) is 0 Å². The van der Waals surface area contributed by atoms with E-state index in [1.807, 2.05) is 37.3 Å². The monoisotopic (exact) mass is 483 g/mol. The minimum Gasteiger partial charge on any atom is -0.490 e. The Morgan fingerprint density at radius 1 is 1.06 bits per heavy atom. The van der Waals surface area contributed by atoms with Crippen molar-refractivity contribution in [2.75, 3.05) is 11.9 Å². The quantitative estimate of drug-likeness (QED) is 0.370. The van der Waals surface area contributed by atoms with Crippen LogP contribution >= 0.6 is 15.9 Å². The number of rotatable bonds is 9. The second-order valence-corrected chi connectivity index (χ2v) is 8.04. The van der Waals surface area contributed by atoms with E-state index in [4.69, 9.17) is 9.47 Å². The van der Waals surface area contributed by atoms with Crippen molar-refractivity contribution in [3.63, 3.8) is 0 Å². The highest BCUT2D eigenvalue weighted by Gasteiger charge is 2.14. The van der Waals surface area contributed by atoms with Gasteiger partial charge >= 0.3 is 5.97 Å². The molecule has 3 aromatic carbocycles. The summed E-state index contributed by atoms with van der Waals surface area (Å²) in [6.07, 6.45) is 0. The summed E-state index contributed by atoms with van der Waals surface area (Å²) >= 11 is 3.62. The lowest BCUT2D eigenvalue weighted by atomic mass is 10.1. The van der Waals surface area contributed by atoms with Crippen molar-refractivity contribution in [1.29, 1.82) is 0 Å². The van der Waals surface area contributed by atoms with Gasteiger partial charge in [-0.2, -0.15) is 0 Å². The molecule has 0 unspecified atom stereocenters. The van der Waals surface area contributed by atoms with Gasteiger partial charge in [0.05, 0.1) is 16.6 Å². The minimum absolute atomic E-state index is 0.293. The summed E-state index contributed by atoms with van der Waals surface area (Å²) in [4.78, 5) is 11.4. The number of carbonyl (C=O) groups is 1. The Bertz CT molecular complexity index is 1080. The maximum absolute atomic E-state index is 11.4. The van der Waals surface area contributed by atoms with Crippen LogP contribution in [0.15, 0.2) is 59.1 Å². The van der Waals surface area contributed by atoms with Gasteiger partial charge in [-0.1, -0.05) is 30.3 Å². The fourth-order valence-electron chi connectivity index (χ4n) is 3.30. The first-order valence-electron chi connectivity index (χ1n) is 10.1. The van der Waals surface area contributed by atoms with Crippen LogP contribution < -0.4 is 14.8 Å². The van der Waals surface area contributed by atoms with Crippen molar-refractivity contribution in [2.24, 2.45) is 0 Å². The first kappa shape index (κ1) is 22.7.